The summed E-state index contributed by atoms with van der Waals surface area (Å²) in [4.78, 5) is 23.7. The maximum Gasteiger partial charge on any atom is 0.167 e. The molecule has 1 fully saturated rings. The van der Waals surface area contributed by atoms with E-state index in [0.29, 0.717) is 11.1 Å². The van der Waals surface area contributed by atoms with Crippen LogP contribution in [0.25, 0.3) is 0 Å². The monoisotopic (exact) mass is 186 g/mol. The summed E-state index contributed by atoms with van der Waals surface area (Å²) in [6.07, 6.45) is 0. The van der Waals surface area contributed by atoms with Gasteiger partial charge in [0, 0.05) is 23.0 Å². The van der Waals surface area contributed by atoms with E-state index in [1.165, 1.54) is 0 Å². The molecule has 0 aliphatic heterocycles. The van der Waals surface area contributed by atoms with Gasteiger partial charge in [0.25, 0.3) is 0 Å². The first-order valence-electron chi connectivity index (χ1n) is 4.89. The van der Waals surface area contributed by atoms with Gasteiger partial charge in [-0.1, -0.05) is 31.2 Å². The molecule has 0 heterocycles. The molecule has 2 aliphatic carbocycles. The molecule has 0 amide bonds. The van der Waals surface area contributed by atoms with E-state index in [0.717, 1.165) is 0 Å². The molecule has 0 spiro atoms. The molecule has 0 radical (unpaired) electrons. The summed E-state index contributed by atoms with van der Waals surface area (Å²) in [5.74, 6) is 0.549. The van der Waals surface area contributed by atoms with Crippen LogP contribution < -0.4 is 0 Å². The Balaban J connectivity index is 2.21. The van der Waals surface area contributed by atoms with Crippen LogP contribution >= 0.6 is 0 Å². The fourth-order valence-electron chi connectivity index (χ4n) is 2.54. The van der Waals surface area contributed by atoms with E-state index in [4.69, 9.17) is 0 Å². The molecule has 1 aromatic rings. The zero-order valence-electron chi connectivity index (χ0n) is 7.86. The van der Waals surface area contributed by atoms with Gasteiger partial charge in [0.1, 0.15) is 0 Å². The first kappa shape index (κ1) is 7.92. The molecule has 2 unspecified atom stereocenters. The Kier molecular flexibility index (Phi) is 1.31. The van der Waals surface area contributed by atoms with Crippen LogP contribution in [-0.2, 0) is 0 Å². The topological polar surface area (TPSA) is 34.1 Å². The van der Waals surface area contributed by atoms with Gasteiger partial charge in [-0.3, -0.25) is 9.59 Å². The zero-order chi connectivity index (χ0) is 9.87. The van der Waals surface area contributed by atoms with Crippen LogP contribution in [0, 0.1) is 17.8 Å². The molecule has 1 aromatic carbocycles. The molecule has 70 valence electrons. The second kappa shape index (κ2) is 2.32. The molecule has 2 atom stereocenters. The predicted molar refractivity (Wildman–Crippen MR) is 51.2 cm³/mol. The molecular formula is C12H10O2. The summed E-state index contributed by atoms with van der Waals surface area (Å²) in [5, 5.41) is 0. The van der Waals surface area contributed by atoms with Crippen molar-refractivity contribution in [2.75, 3.05) is 0 Å². The highest BCUT2D eigenvalue weighted by Gasteiger charge is 2.59. The van der Waals surface area contributed by atoms with Crippen molar-refractivity contribution >= 4 is 11.6 Å². The van der Waals surface area contributed by atoms with Crippen molar-refractivity contribution in [1.82, 2.24) is 0 Å². The number of carbonyl (C=O) groups is 2. The summed E-state index contributed by atoms with van der Waals surface area (Å²) in [6, 6.07) is 7.16. The largest absolute Gasteiger partial charge is 0.294 e. The Morgan fingerprint density at radius 3 is 1.79 bits per heavy atom. The number of hydrogen-bond acceptors (Lipinski definition) is 2. The third-order valence-corrected chi connectivity index (χ3v) is 3.44. The fourth-order valence-corrected chi connectivity index (χ4v) is 2.54. The first-order valence-corrected chi connectivity index (χ1v) is 4.89. The smallest absolute Gasteiger partial charge is 0.167 e. The average molecular weight is 186 g/mol. The second-order valence-electron chi connectivity index (χ2n) is 4.18. The van der Waals surface area contributed by atoms with Gasteiger partial charge >= 0.3 is 0 Å². The number of ketones is 2. The van der Waals surface area contributed by atoms with Gasteiger partial charge in [0.05, 0.1) is 0 Å². The van der Waals surface area contributed by atoms with Gasteiger partial charge in [-0.25, -0.2) is 0 Å². The van der Waals surface area contributed by atoms with Crippen LogP contribution in [0.2, 0.25) is 0 Å². The summed E-state index contributed by atoms with van der Waals surface area (Å²) < 4.78 is 0. The van der Waals surface area contributed by atoms with Gasteiger partial charge in [-0.15, -0.1) is 0 Å². The lowest BCUT2D eigenvalue weighted by Crippen LogP contribution is -2.19. The van der Waals surface area contributed by atoms with Crippen LogP contribution in [0.5, 0.6) is 0 Å². The summed E-state index contributed by atoms with van der Waals surface area (Å²) >= 11 is 0. The Labute approximate surface area is 81.9 Å². The van der Waals surface area contributed by atoms with Gasteiger partial charge in [0.2, 0.25) is 0 Å². The van der Waals surface area contributed by atoms with E-state index >= 15 is 0 Å². The Bertz CT molecular complexity index is 406. The second-order valence-corrected chi connectivity index (χ2v) is 4.18. The van der Waals surface area contributed by atoms with Gasteiger partial charge in [-0.05, 0) is 5.92 Å². The Hall–Kier alpha value is -1.44. The number of fused-ring (bicyclic) bond motifs is 2. The minimum Gasteiger partial charge on any atom is -0.294 e. The zero-order valence-corrected chi connectivity index (χ0v) is 7.86. The van der Waals surface area contributed by atoms with Crippen molar-refractivity contribution in [3.8, 4) is 0 Å². The molecular weight excluding hydrogens is 176 g/mol. The number of benzene rings is 1. The molecule has 14 heavy (non-hydrogen) atoms. The lowest BCUT2D eigenvalue weighted by molar-refractivity contribution is 0.0878. The van der Waals surface area contributed by atoms with Crippen LogP contribution in [0.3, 0.4) is 0 Å². The minimum atomic E-state index is -0.0163. The van der Waals surface area contributed by atoms with Crippen LogP contribution in [-0.4, -0.2) is 11.6 Å². The van der Waals surface area contributed by atoms with Crippen LogP contribution in [0.4, 0.5) is 0 Å². The SMILES string of the molecule is CC1C2C(=O)c3ccccc3C(=O)C12. The van der Waals surface area contributed by atoms with Crippen molar-refractivity contribution in [2.24, 2.45) is 17.8 Å². The maximum absolute atomic E-state index is 11.9. The molecule has 3 rings (SSSR count). The molecule has 0 N–H and O–H groups in total. The van der Waals surface area contributed by atoms with Gasteiger partial charge in [0.15, 0.2) is 11.6 Å². The molecule has 2 aliphatic rings. The van der Waals surface area contributed by atoms with E-state index in [9.17, 15) is 9.59 Å². The summed E-state index contributed by atoms with van der Waals surface area (Å²) in [5.41, 5.74) is 1.26. The van der Waals surface area contributed by atoms with E-state index in [-0.39, 0.29) is 29.3 Å². The Morgan fingerprint density at radius 2 is 1.36 bits per heavy atom. The highest BCUT2D eigenvalue weighted by molar-refractivity contribution is 6.19. The van der Waals surface area contributed by atoms with Crippen molar-refractivity contribution in [2.45, 2.75) is 6.92 Å². The average Bonchev–Trinajstić information content (AvgIpc) is 2.87. The third-order valence-electron chi connectivity index (χ3n) is 3.44. The number of hydrogen-bond donors (Lipinski definition) is 0. The van der Waals surface area contributed by atoms with E-state index in [1.54, 1.807) is 12.1 Å². The lowest BCUT2D eigenvalue weighted by atomic mass is 9.90. The lowest BCUT2D eigenvalue weighted by Gasteiger charge is -2.11. The standard InChI is InChI=1S/C12H10O2/c1-6-9-10(6)12(14)8-5-3-2-4-7(8)11(9)13/h2-6,9-10H,1H3. The third kappa shape index (κ3) is 0.763. The van der Waals surface area contributed by atoms with Crippen molar-refractivity contribution < 1.29 is 9.59 Å². The molecule has 0 aromatic heterocycles. The Morgan fingerprint density at radius 1 is 0.929 bits per heavy atom. The fraction of sp³-hybridized carbons (Fsp3) is 0.333. The number of Topliss-reactive ketones (excluding diaryl/α,β-unsaturated/α-hetero) is 2. The van der Waals surface area contributed by atoms with Gasteiger partial charge in [-0.2, -0.15) is 0 Å². The maximum atomic E-state index is 11.9. The van der Waals surface area contributed by atoms with E-state index in [2.05, 4.69) is 0 Å². The molecule has 1 saturated carbocycles. The predicted octanol–water partition coefficient (Wildman–Crippen LogP) is 1.95. The number of rotatable bonds is 0. The van der Waals surface area contributed by atoms with Gasteiger partial charge < -0.3 is 0 Å². The summed E-state index contributed by atoms with van der Waals surface area (Å²) in [7, 11) is 0. The molecule has 2 heteroatoms. The highest BCUT2D eigenvalue weighted by atomic mass is 16.1. The molecule has 0 saturated heterocycles. The number of carbonyl (C=O) groups excluding carboxylic acids is 2. The normalized spacial score (nSPS) is 33.6. The first-order chi connectivity index (χ1) is 6.72. The van der Waals surface area contributed by atoms with E-state index < -0.39 is 0 Å². The molecule has 2 nitrogen and oxygen atoms in total. The van der Waals surface area contributed by atoms with Crippen molar-refractivity contribution in [3.05, 3.63) is 35.4 Å². The van der Waals surface area contributed by atoms with E-state index in [1.807, 2.05) is 19.1 Å². The van der Waals surface area contributed by atoms with Crippen LogP contribution in [0.1, 0.15) is 27.6 Å². The molecule has 0 bridgehead atoms. The minimum absolute atomic E-state index is 0.0163. The van der Waals surface area contributed by atoms with Crippen LogP contribution in [0.15, 0.2) is 24.3 Å². The quantitative estimate of drug-likeness (QED) is 0.620. The van der Waals surface area contributed by atoms with Crippen molar-refractivity contribution in [1.29, 1.82) is 0 Å². The van der Waals surface area contributed by atoms with Crippen molar-refractivity contribution in [3.63, 3.8) is 0 Å². The summed E-state index contributed by atoms with van der Waals surface area (Å²) in [6.45, 7) is 1.98. The highest BCUT2D eigenvalue weighted by Crippen LogP contribution is 2.52.